The first-order chi connectivity index (χ1) is 8.11. The Morgan fingerprint density at radius 1 is 1.35 bits per heavy atom. The average Bonchev–Trinajstić information content (AvgIpc) is 2.31. The lowest BCUT2D eigenvalue weighted by Gasteiger charge is -2.09. The zero-order valence-electron chi connectivity index (χ0n) is 10.2. The van der Waals surface area contributed by atoms with Crippen molar-refractivity contribution in [3.8, 4) is 5.75 Å². The van der Waals surface area contributed by atoms with Crippen molar-refractivity contribution in [3.05, 3.63) is 24.3 Å². The van der Waals surface area contributed by atoms with Gasteiger partial charge in [0.1, 0.15) is 11.6 Å². The largest absolute Gasteiger partial charge is 0.494 e. The minimum atomic E-state index is -0.208. The van der Waals surface area contributed by atoms with E-state index < -0.39 is 0 Å². The Morgan fingerprint density at radius 2 is 2.00 bits per heavy atom. The summed E-state index contributed by atoms with van der Waals surface area (Å²) in [5, 5.41) is 2.67. The van der Waals surface area contributed by atoms with Gasteiger partial charge in [0.05, 0.1) is 6.61 Å². The van der Waals surface area contributed by atoms with Crippen LogP contribution in [0.5, 0.6) is 5.75 Å². The summed E-state index contributed by atoms with van der Waals surface area (Å²) in [7, 11) is 0. The number of benzene rings is 1. The van der Waals surface area contributed by atoms with Crippen LogP contribution in [0.2, 0.25) is 0 Å². The molecule has 0 spiro atoms. The monoisotopic (exact) mass is 255 g/mol. The molecule has 0 aliphatic heterocycles. The zero-order chi connectivity index (χ0) is 12.7. The van der Waals surface area contributed by atoms with Gasteiger partial charge in [0, 0.05) is 5.69 Å². The second-order valence-electron chi connectivity index (χ2n) is 4.24. The molecule has 0 bridgehead atoms. The first-order valence-electron chi connectivity index (χ1n) is 5.70. The molecule has 4 heteroatoms. The first-order valence-corrected chi connectivity index (χ1v) is 6.24. The Kier molecular flexibility index (Phi) is 5.84. The van der Waals surface area contributed by atoms with E-state index in [4.69, 9.17) is 16.3 Å². The molecule has 1 aromatic carbocycles. The van der Waals surface area contributed by atoms with Gasteiger partial charge in [-0.2, -0.15) is 0 Å². The maximum Gasteiger partial charge on any atom is 0.239 e. The molecule has 94 valence electrons. The number of rotatable bonds is 6. The van der Waals surface area contributed by atoms with Crippen molar-refractivity contribution in [1.29, 1.82) is 0 Å². The molecular formula is C13H18ClNO2. The molecule has 0 aliphatic carbocycles. The Balaban J connectivity index is 2.42. The van der Waals surface area contributed by atoms with Crippen LogP contribution in [0.4, 0.5) is 5.69 Å². The van der Waals surface area contributed by atoms with Gasteiger partial charge in [-0.1, -0.05) is 13.8 Å². The Hall–Kier alpha value is -1.22. The molecule has 0 saturated carbocycles. The number of halogens is 1. The highest BCUT2D eigenvalue weighted by Crippen LogP contribution is 2.16. The second kappa shape index (κ2) is 7.17. The van der Waals surface area contributed by atoms with Crippen LogP contribution < -0.4 is 10.1 Å². The van der Waals surface area contributed by atoms with E-state index in [1.807, 2.05) is 12.1 Å². The van der Waals surface area contributed by atoms with Crippen LogP contribution in [0.3, 0.4) is 0 Å². The lowest BCUT2D eigenvalue weighted by Crippen LogP contribution is -2.12. The zero-order valence-corrected chi connectivity index (χ0v) is 11.0. The standard InChI is InChI=1S/C13H18ClNO2/c1-10(2)7-8-17-12-5-3-11(4-6-12)15-13(16)9-14/h3-6,10H,7-9H2,1-2H3,(H,15,16). The quantitative estimate of drug-likeness (QED) is 0.792. The van der Waals surface area contributed by atoms with E-state index in [0.717, 1.165) is 17.9 Å². The highest BCUT2D eigenvalue weighted by molar-refractivity contribution is 6.29. The van der Waals surface area contributed by atoms with E-state index in [9.17, 15) is 4.79 Å². The summed E-state index contributed by atoms with van der Waals surface area (Å²) in [5.74, 6) is 1.21. The minimum absolute atomic E-state index is 0.0351. The molecule has 1 amide bonds. The summed E-state index contributed by atoms with van der Waals surface area (Å²) in [4.78, 5) is 11.0. The fourth-order valence-electron chi connectivity index (χ4n) is 1.24. The number of ether oxygens (including phenoxy) is 1. The smallest absolute Gasteiger partial charge is 0.239 e. The van der Waals surface area contributed by atoms with E-state index >= 15 is 0 Å². The minimum Gasteiger partial charge on any atom is -0.494 e. The molecule has 0 unspecified atom stereocenters. The number of carbonyl (C=O) groups excluding carboxylic acids is 1. The maximum atomic E-state index is 11.0. The normalized spacial score (nSPS) is 10.4. The number of alkyl halides is 1. The first kappa shape index (κ1) is 13.8. The molecule has 1 N–H and O–H groups in total. The van der Waals surface area contributed by atoms with Crippen molar-refractivity contribution < 1.29 is 9.53 Å². The van der Waals surface area contributed by atoms with Gasteiger partial charge in [0.15, 0.2) is 0 Å². The molecule has 0 radical (unpaired) electrons. The average molecular weight is 256 g/mol. The van der Waals surface area contributed by atoms with Crippen LogP contribution >= 0.6 is 11.6 Å². The van der Waals surface area contributed by atoms with Crippen LogP contribution in [-0.4, -0.2) is 18.4 Å². The van der Waals surface area contributed by atoms with Crippen LogP contribution in [0.1, 0.15) is 20.3 Å². The van der Waals surface area contributed by atoms with Gasteiger partial charge in [-0.25, -0.2) is 0 Å². The van der Waals surface area contributed by atoms with Gasteiger partial charge in [-0.05, 0) is 36.6 Å². The third kappa shape index (κ3) is 5.59. The van der Waals surface area contributed by atoms with Crippen molar-refractivity contribution in [2.75, 3.05) is 17.8 Å². The molecule has 0 heterocycles. The third-order valence-corrected chi connectivity index (χ3v) is 2.47. The Bertz CT molecular complexity index is 349. The van der Waals surface area contributed by atoms with E-state index in [1.165, 1.54) is 0 Å². The summed E-state index contributed by atoms with van der Waals surface area (Å²) in [6, 6.07) is 7.28. The predicted octanol–water partition coefficient (Wildman–Crippen LogP) is 3.29. The molecule has 17 heavy (non-hydrogen) atoms. The molecule has 0 fully saturated rings. The Morgan fingerprint density at radius 3 is 2.53 bits per heavy atom. The van der Waals surface area contributed by atoms with Gasteiger partial charge in [-0.3, -0.25) is 4.79 Å². The van der Waals surface area contributed by atoms with Gasteiger partial charge >= 0.3 is 0 Å². The van der Waals surface area contributed by atoms with Gasteiger partial charge in [-0.15, -0.1) is 11.6 Å². The summed E-state index contributed by atoms with van der Waals surface area (Å²) < 4.78 is 5.56. The lowest BCUT2D eigenvalue weighted by atomic mass is 10.1. The lowest BCUT2D eigenvalue weighted by molar-refractivity contribution is -0.113. The second-order valence-corrected chi connectivity index (χ2v) is 4.50. The van der Waals surface area contributed by atoms with Crippen molar-refractivity contribution >= 4 is 23.2 Å². The van der Waals surface area contributed by atoms with Crippen LogP contribution in [0, 0.1) is 5.92 Å². The molecule has 0 aromatic heterocycles. The number of amides is 1. The van der Waals surface area contributed by atoms with Gasteiger partial charge in [0.25, 0.3) is 0 Å². The number of hydrogen-bond acceptors (Lipinski definition) is 2. The fourth-order valence-corrected chi connectivity index (χ4v) is 1.31. The van der Waals surface area contributed by atoms with E-state index in [1.54, 1.807) is 12.1 Å². The maximum absolute atomic E-state index is 11.0. The van der Waals surface area contributed by atoms with E-state index in [0.29, 0.717) is 12.5 Å². The molecular weight excluding hydrogens is 238 g/mol. The van der Waals surface area contributed by atoms with Crippen LogP contribution in [0.25, 0.3) is 0 Å². The van der Waals surface area contributed by atoms with Crippen molar-refractivity contribution in [2.45, 2.75) is 20.3 Å². The molecule has 0 saturated heterocycles. The molecule has 0 atom stereocenters. The summed E-state index contributed by atoms with van der Waals surface area (Å²) in [5.41, 5.74) is 0.729. The summed E-state index contributed by atoms with van der Waals surface area (Å²) >= 11 is 5.39. The SMILES string of the molecule is CC(C)CCOc1ccc(NC(=O)CCl)cc1. The van der Waals surface area contributed by atoms with Crippen molar-refractivity contribution in [2.24, 2.45) is 5.92 Å². The van der Waals surface area contributed by atoms with Crippen molar-refractivity contribution in [1.82, 2.24) is 0 Å². The predicted molar refractivity (Wildman–Crippen MR) is 70.7 cm³/mol. The number of nitrogens with one attached hydrogen (secondary N) is 1. The molecule has 1 aromatic rings. The van der Waals surface area contributed by atoms with Crippen molar-refractivity contribution in [3.63, 3.8) is 0 Å². The summed E-state index contributed by atoms with van der Waals surface area (Å²) in [6.07, 6.45) is 1.03. The highest BCUT2D eigenvalue weighted by Gasteiger charge is 2.00. The third-order valence-electron chi connectivity index (χ3n) is 2.22. The fraction of sp³-hybridized carbons (Fsp3) is 0.462. The number of anilines is 1. The molecule has 1 rings (SSSR count). The summed E-state index contributed by atoms with van der Waals surface area (Å²) in [6.45, 7) is 5.04. The highest BCUT2D eigenvalue weighted by atomic mass is 35.5. The Labute approximate surface area is 107 Å². The molecule has 3 nitrogen and oxygen atoms in total. The number of carbonyl (C=O) groups is 1. The van der Waals surface area contributed by atoms with Gasteiger partial charge < -0.3 is 10.1 Å². The van der Waals surface area contributed by atoms with E-state index in [2.05, 4.69) is 19.2 Å². The molecule has 0 aliphatic rings. The van der Waals surface area contributed by atoms with Crippen LogP contribution in [0.15, 0.2) is 24.3 Å². The van der Waals surface area contributed by atoms with Crippen LogP contribution in [-0.2, 0) is 4.79 Å². The van der Waals surface area contributed by atoms with Gasteiger partial charge in [0.2, 0.25) is 5.91 Å². The van der Waals surface area contributed by atoms with E-state index in [-0.39, 0.29) is 11.8 Å². The number of hydrogen-bond donors (Lipinski definition) is 1. The topological polar surface area (TPSA) is 38.3 Å².